The van der Waals surface area contributed by atoms with E-state index in [-0.39, 0.29) is 17.7 Å². The van der Waals surface area contributed by atoms with Gasteiger partial charge in [0.2, 0.25) is 0 Å². The lowest BCUT2D eigenvalue weighted by atomic mass is 9.96. The van der Waals surface area contributed by atoms with Crippen LogP contribution in [0.2, 0.25) is 0 Å². The maximum absolute atomic E-state index is 12.4. The van der Waals surface area contributed by atoms with Crippen LogP contribution in [0.15, 0.2) is 51.8 Å². The SMILES string of the molecule is O=C1N=C(CN2CCN(C(=O)c3cccs3)CC2)N=C2C=CC=CC12. The minimum absolute atomic E-state index is 0.0991. The van der Waals surface area contributed by atoms with Gasteiger partial charge in [-0.2, -0.15) is 4.99 Å². The second-order valence-corrected chi connectivity index (χ2v) is 7.12. The highest BCUT2D eigenvalue weighted by Gasteiger charge is 2.28. The summed E-state index contributed by atoms with van der Waals surface area (Å²) < 4.78 is 0. The Morgan fingerprint density at radius 1 is 1.20 bits per heavy atom. The van der Waals surface area contributed by atoms with Crippen molar-refractivity contribution in [2.24, 2.45) is 15.9 Å². The number of hydrogen-bond acceptors (Lipinski definition) is 5. The second kappa shape index (κ2) is 6.85. The molecule has 0 radical (unpaired) electrons. The topological polar surface area (TPSA) is 65.3 Å². The first kappa shape index (κ1) is 16.1. The molecular formula is C18H18N4O2S. The minimum atomic E-state index is -0.325. The number of carbonyl (C=O) groups is 2. The normalized spacial score (nSPS) is 23.3. The van der Waals surface area contributed by atoms with Crippen molar-refractivity contribution in [3.8, 4) is 0 Å². The van der Waals surface area contributed by atoms with Gasteiger partial charge in [-0.25, -0.2) is 4.99 Å². The van der Waals surface area contributed by atoms with E-state index < -0.39 is 0 Å². The zero-order valence-electron chi connectivity index (χ0n) is 13.7. The first-order valence-corrected chi connectivity index (χ1v) is 9.19. The molecule has 6 nitrogen and oxygen atoms in total. The molecule has 2 amide bonds. The molecule has 3 heterocycles. The number of amidine groups is 1. The highest BCUT2D eigenvalue weighted by molar-refractivity contribution is 7.12. The van der Waals surface area contributed by atoms with E-state index in [0.29, 0.717) is 25.5 Å². The molecule has 3 aliphatic rings. The predicted molar refractivity (Wildman–Crippen MR) is 98.3 cm³/mol. The van der Waals surface area contributed by atoms with E-state index in [1.165, 1.54) is 11.3 Å². The van der Waals surface area contributed by atoms with Crippen molar-refractivity contribution in [1.29, 1.82) is 0 Å². The summed E-state index contributed by atoms with van der Waals surface area (Å²) in [6.45, 7) is 3.42. The quantitative estimate of drug-likeness (QED) is 0.829. The molecule has 128 valence electrons. The van der Waals surface area contributed by atoms with E-state index in [9.17, 15) is 9.59 Å². The number of fused-ring (bicyclic) bond motifs is 1. The molecule has 0 bridgehead atoms. The van der Waals surface area contributed by atoms with E-state index in [1.54, 1.807) is 0 Å². The van der Waals surface area contributed by atoms with Crippen molar-refractivity contribution in [3.05, 3.63) is 46.7 Å². The molecule has 25 heavy (non-hydrogen) atoms. The number of piperazine rings is 1. The Kier molecular flexibility index (Phi) is 4.42. The summed E-state index contributed by atoms with van der Waals surface area (Å²) in [6, 6.07) is 3.76. The van der Waals surface area contributed by atoms with Gasteiger partial charge in [0.1, 0.15) is 11.8 Å². The van der Waals surface area contributed by atoms with Gasteiger partial charge in [0.05, 0.1) is 17.1 Å². The fraction of sp³-hybridized carbons (Fsp3) is 0.333. The van der Waals surface area contributed by atoms with Crippen molar-refractivity contribution >= 4 is 34.7 Å². The van der Waals surface area contributed by atoms with E-state index in [4.69, 9.17) is 0 Å². The van der Waals surface area contributed by atoms with Gasteiger partial charge in [-0.1, -0.05) is 24.3 Å². The number of nitrogens with zero attached hydrogens (tertiary/aromatic N) is 4. The van der Waals surface area contributed by atoms with Crippen LogP contribution in [0.25, 0.3) is 0 Å². The molecule has 1 aromatic heterocycles. The van der Waals surface area contributed by atoms with Crippen LogP contribution in [-0.2, 0) is 4.79 Å². The van der Waals surface area contributed by atoms with Crippen molar-refractivity contribution in [2.45, 2.75) is 0 Å². The predicted octanol–water partition coefficient (Wildman–Crippen LogP) is 1.63. The molecule has 1 fully saturated rings. The Balaban J connectivity index is 1.35. The number of thiophene rings is 1. The number of carbonyl (C=O) groups excluding carboxylic acids is 2. The molecule has 2 aliphatic heterocycles. The van der Waals surface area contributed by atoms with E-state index in [2.05, 4.69) is 14.9 Å². The zero-order chi connectivity index (χ0) is 17.2. The Morgan fingerprint density at radius 2 is 2.04 bits per heavy atom. The van der Waals surface area contributed by atoms with Crippen LogP contribution in [0, 0.1) is 5.92 Å². The smallest absolute Gasteiger partial charge is 0.264 e. The van der Waals surface area contributed by atoms with E-state index in [0.717, 1.165) is 23.7 Å². The molecule has 1 atom stereocenters. The molecule has 0 N–H and O–H groups in total. The molecule has 0 spiro atoms. The average molecular weight is 354 g/mol. The molecule has 1 aliphatic carbocycles. The molecule has 7 heteroatoms. The fourth-order valence-corrected chi connectivity index (χ4v) is 3.84. The zero-order valence-corrected chi connectivity index (χ0v) is 14.5. The second-order valence-electron chi connectivity index (χ2n) is 6.17. The molecule has 4 rings (SSSR count). The Hall–Kier alpha value is -2.38. The number of rotatable bonds is 3. The first-order chi connectivity index (χ1) is 12.2. The van der Waals surface area contributed by atoms with Gasteiger partial charge in [-0.3, -0.25) is 14.5 Å². The van der Waals surface area contributed by atoms with Crippen LogP contribution < -0.4 is 0 Å². The standard InChI is InChI=1S/C18H18N4O2S/c23-17-13-4-1-2-5-14(13)19-16(20-17)12-21-7-9-22(10-8-21)18(24)15-6-3-11-25-15/h1-6,11,13H,7-10,12H2. The van der Waals surface area contributed by atoms with Crippen LogP contribution in [0.1, 0.15) is 9.67 Å². The van der Waals surface area contributed by atoms with Crippen LogP contribution in [-0.4, -0.2) is 65.9 Å². The Labute approximate surface area is 149 Å². The lowest BCUT2D eigenvalue weighted by Crippen LogP contribution is -2.50. The lowest BCUT2D eigenvalue weighted by Gasteiger charge is -2.34. The number of allylic oxidation sites excluding steroid dienone is 3. The van der Waals surface area contributed by atoms with Crippen molar-refractivity contribution in [3.63, 3.8) is 0 Å². The fourth-order valence-electron chi connectivity index (χ4n) is 3.15. The van der Waals surface area contributed by atoms with Crippen LogP contribution >= 0.6 is 11.3 Å². The van der Waals surface area contributed by atoms with Gasteiger partial charge in [0.15, 0.2) is 0 Å². The third-order valence-corrected chi connectivity index (χ3v) is 5.38. The number of aliphatic imine (C=N–C) groups is 2. The monoisotopic (exact) mass is 354 g/mol. The van der Waals surface area contributed by atoms with Gasteiger partial charge in [-0.05, 0) is 17.5 Å². The molecule has 1 unspecified atom stereocenters. The Morgan fingerprint density at radius 3 is 2.80 bits per heavy atom. The average Bonchev–Trinajstić information content (AvgIpc) is 3.16. The molecule has 0 aromatic carbocycles. The van der Waals surface area contributed by atoms with Gasteiger partial charge in [-0.15, -0.1) is 11.3 Å². The highest BCUT2D eigenvalue weighted by atomic mass is 32.1. The van der Waals surface area contributed by atoms with Crippen molar-refractivity contribution in [1.82, 2.24) is 9.80 Å². The van der Waals surface area contributed by atoms with E-state index >= 15 is 0 Å². The summed E-state index contributed by atoms with van der Waals surface area (Å²) in [5.41, 5.74) is 0.768. The van der Waals surface area contributed by atoms with Crippen LogP contribution in [0.5, 0.6) is 0 Å². The summed E-state index contributed by atoms with van der Waals surface area (Å²) in [6.07, 6.45) is 7.44. The van der Waals surface area contributed by atoms with Crippen molar-refractivity contribution < 1.29 is 9.59 Å². The minimum Gasteiger partial charge on any atom is -0.335 e. The third-order valence-electron chi connectivity index (χ3n) is 4.52. The molecule has 1 aromatic rings. The first-order valence-electron chi connectivity index (χ1n) is 8.31. The maximum Gasteiger partial charge on any atom is 0.264 e. The van der Waals surface area contributed by atoms with Crippen LogP contribution in [0.4, 0.5) is 0 Å². The molecular weight excluding hydrogens is 336 g/mol. The summed E-state index contributed by atoms with van der Waals surface area (Å²) in [5.74, 6) is 0.192. The van der Waals surface area contributed by atoms with Gasteiger partial charge >= 0.3 is 0 Å². The summed E-state index contributed by atoms with van der Waals surface area (Å²) in [5, 5.41) is 1.92. The summed E-state index contributed by atoms with van der Waals surface area (Å²) >= 11 is 1.47. The van der Waals surface area contributed by atoms with Gasteiger partial charge in [0, 0.05) is 26.2 Å². The van der Waals surface area contributed by atoms with Gasteiger partial charge in [0.25, 0.3) is 11.8 Å². The molecule has 0 saturated carbocycles. The lowest BCUT2D eigenvalue weighted by molar-refractivity contribution is -0.118. The number of amides is 2. The Bertz CT molecular complexity index is 799. The van der Waals surface area contributed by atoms with Crippen molar-refractivity contribution in [2.75, 3.05) is 32.7 Å². The van der Waals surface area contributed by atoms with E-state index in [1.807, 2.05) is 46.7 Å². The maximum atomic E-state index is 12.4. The summed E-state index contributed by atoms with van der Waals surface area (Å²) in [4.78, 5) is 38.0. The van der Waals surface area contributed by atoms with Crippen LogP contribution in [0.3, 0.4) is 0 Å². The molecule has 1 saturated heterocycles. The highest BCUT2D eigenvalue weighted by Crippen LogP contribution is 2.17. The van der Waals surface area contributed by atoms with Gasteiger partial charge < -0.3 is 4.90 Å². The number of hydrogen-bond donors (Lipinski definition) is 0. The largest absolute Gasteiger partial charge is 0.335 e. The third kappa shape index (κ3) is 3.38. The summed E-state index contributed by atoms with van der Waals surface area (Å²) in [7, 11) is 0.